The summed E-state index contributed by atoms with van der Waals surface area (Å²) in [4.78, 5) is 36.6. The van der Waals surface area contributed by atoms with Crippen molar-refractivity contribution >= 4 is 51.8 Å². The Hall–Kier alpha value is -4.65. The van der Waals surface area contributed by atoms with Crippen LogP contribution in [-0.4, -0.2) is 37.9 Å². The van der Waals surface area contributed by atoms with Gasteiger partial charge in [-0.15, -0.1) is 0 Å². The van der Waals surface area contributed by atoms with Gasteiger partial charge in [-0.2, -0.15) is 0 Å². The molecule has 38 heavy (non-hydrogen) atoms. The zero-order chi connectivity index (χ0) is 27.4. The van der Waals surface area contributed by atoms with Gasteiger partial charge < -0.3 is 31.9 Å². The van der Waals surface area contributed by atoms with Gasteiger partial charge in [0, 0.05) is 12.3 Å². The molecular weight excluding hydrogens is 514 g/mol. The number of rotatable bonds is 9. The fraction of sp³-hybridized carbons (Fsp3) is 0.250. The number of nitrogens with one attached hydrogen (secondary N) is 2. The van der Waals surface area contributed by atoms with Crippen molar-refractivity contribution in [3.63, 3.8) is 0 Å². The number of fused-ring (bicyclic) bond motifs is 1. The maximum absolute atomic E-state index is 12.8. The molecule has 4 aromatic rings. The van der Waals surface area contributed by atoms with Crippen molar-refractivity contribution < 1.29 is 24.0 Å². The van der Waals surface area contributed by atoms with Crippen LogP contribution in [0.3, 0.4) is 0 Å². The highest BCUT2D eigenvalue weighted by Crippen LogP contribution is 2.22. The summed E-state index contributed by atoms with van der Waals surface area (Å²) in [5.74, 6) is -0.146. The Labute approximate surface area is 222 Å². The molecule has 0 spiro atoms. The standard InChI is InChI=1S/C24H26ClN9O4/c1-3-33-16-6-5-15(38-12-18(36)30-13-7-14(35)10-28-9-13)8-17(16)34(4-2)19(33)11-29-24(37)20-22(26)32-23(27)21(25)31-20/h5-10H,3-4,11-12H2,1-2H3,(H6-,26,27,29,30,32,35,36,37). The van der Waals surface area contributed by atoms with Crippen LogP contribution in [0, 0.1) is 0 Å². The van der Waals surface area contributed by atoms with Crippen LogP contribution in [0.15, 0.2) is 36.7 Å². The number of nitrogens with two attached hydrogens (primary N) is 2. The number of carbonyl (C=O) groups is 2. The normalized spacial score (nSPS) is 10.9. The van der Waals surface area contributed by atoms with E-state index < -0.39 is 11.8 Å². The lowest BCUT2D eigenvalue weighted by Crippen LogP contribution is -2.40. The SMILES string of the molecule is CCn1c(CNC(=O)c2nc(Cl)c(N)nc2N)[n+](CC)c2ccc(OCC(=O)Nc3cncc([O-])c3)cc21. The van der Waals surface area contributed by atoms with E-state index in [2.05, 4.69) is 30.2 Å². The number of nitrogens with zero attached hydrogens (tertiary/aromatic N) is 5. The number of halogens is 1. The second kappa shape index (κ2) is 11.2. The Morgan fingerprint density at radius 1 is 1.16 bits per heavy atom. The van der Waals surface area contributed by atoms with E-state index >= 15 is 0 Å². The predicted molar refractivity (Wildman–Crippen MR) is 138 cm³/mol. The van der Waals surface area contributed by atoms with E-state index in [1.807, 2.05) is 30.5 Å². The highest BCUT2D eigenvalue weighted by Gasteiger charge is 2.25. The number of amides is 2. The average Bonchev–Trinajstić information content (AvgIpc) is 3.19. The molecule has 0 saturated heterocycles. The Morgan fingerprint density at radius 3 is 2.66 bits per heavy atom. The third-order valence-corrected chi connectivity index (χ3v) is 5.96. The van der Waals surface area contributed by atoms with Gasteiger partial charge in [-0.3, -0.25) is 14.6 Å². The first-order chi connectivity index (χ1) is 18.2. The molecular formula is C24H26ClN9O4. The number of anilines is 3. The van der Waals surface area contributed by atoms with Crippen LogP contribution >= 0.6 is 11.6 Å². The van der Waals surface area contributed by atoms with Crippen LogP contribution < -0.4 is 36.5 Å². The molecule has 14 heteroatoms. The predicted octanol–water partition coefficient (Wildman–Crippen LogP) is 0.993. The van der Waals surface area contributed by atoms with E-state index in [-0.39, 0.29) is 41.4 Å². The van der Waals surface area contributed by atoms with Gasteiger partial charge in [-0.25, -0.2) is 19.1 Å². The highest BCUT2D eigenvalue weighted by molar-refractivity contribution is 6.31. The van der Waals surface area contributed by atoms with Crippen molar-refractivity contribution in [2.24, 2.45) is 0 Å². The number of hydrogen-bond donors (Lipinski definition) is 4. The maximum atomic E-state index is 12.8. The van der Waals surface area contributed by atoms with Crippen molar-refractivity contribution in [1.29, 1.82) is 0 Å². The molecule has 0 aliphatic heterocycles. The number of carbonyl (C=O) groups excluding carboxylic acids is 2. The van der Waals surface area contributed by atoms with Crippen molar-refractivity contribution in [1.82, 2.24) is 24.8 Å². The second-order valence-electron chi connectivity index (χ2n) is 8.12. The lowest BCUT2D eigenvalue weighted by molar-refractivity contribution is -0.676. The lowest BCUT2D eigenvalue weighted by atomic mass is 10.3. The van der Waals surface area contributed by atoms with E-state index in [4.69, 9.17) is 27.8 Å². The summed E-state index contributed by atoms with van der Waals surface area (Å²) in [5.41, 5.74) is 13.4. The van der Waals surface area contributed by atoms with Gasteiger partial charge in [0.15, 0.2) is 40.1 Å². The molecule has 13 nitrogen and oxygen atoms in total. The van der Waals surface area contributed by atoms with Gasteiger partial charge >= 0.3 is 0 Å². The molecule has 198 valence electrons. The summed E-state index contributed by atoms with van der Waals surface area (Å²) < 4.78 is 9.79. The summed E-state index contributed by atoms with van der Waals surface area (Å²) in [7, 11) is 0. The number of imidazole rings is 1. The molecule has 0 aliphatic carbocycles. The number of ether oxygens (including phenoxy) is 1. The highest BCUT2D eigenvalue weighted by atomic mass is 35.5. The smallest absolute Gasteiger partial charge is 0.277 e. The van der Waals surface area contributed by atoms with Gasteiger partial charge in [0.2, 0.25) is 0 Å². The summed E-state index contributed by atoms with van der Waals surface area (Å²) in [5, 5.41) is 16.7. The zero-order valence-corrected chi connectivity index (χ0v) is 21.5. The second-order valence-corrected chi connectivity index (χ2v) is 8.48. The van der Waals surface area contributed by atoms with Crippen LogP contribution in [-0.2, 0) is 24.4 Å². The number of nitrogen functional groups attached to an aromatic ring is 2. The van der Waals surface area contributed by atoms with Crippen LogP contribution in [0.4, 0.5) is 17.3 Å². The van der Waals surface area contributed by atoms with E-state index in [1.165, 1.54) is 12.3 Å². The van der Waals surface area contributed by atoms with Gasteiger partial charge in [0.05, 0.1) is 25.0 Å². The average molecular weight is 540 g/mol. The third-order valence-electron chi connectivity index (χ3n) is 5.68. The summed E-state index contributed by atoms with van der Waals surface area (Å²) in [6, 6.07) is 6.75. The number of benzene rings is 1. The minimum atomic E-state index is -0.541. The van der Waals surface area contributed by atoms with E-state index in [0.29, 0.717) is 24.5 Å². The van der Waals surface area contributed by atoms with Crippen LogP contribution in [0.5, 0.6) is 11.5 Å². The number of hydrogen-bond acceptors (Lipinski definition) is 9. The summed E-state index contributed by atoms with van der Waals surface area (Å²) in [6.45, 7) is 5.13. The minimum absolute atomic E-state index is 0.0557. The monoisotopic (exact) mass is 539 g/mol. The van der Waals surface area contributed by atoms with Gasteiger partial charge in [-0.05, 0) is 32.0 Å². The molecule has 0 radical (unpaired) electrons. The molecule has 3 aromatic heterocycles. The fourth-order valence-corrected chi connectivity index (χ4v) is 4.17. The van der Waals surface area contributed by atoms with Gasteiger partial charge in [0.1, 0.15) is 12.3 Å². The number of aryl methyl sites for hydroxylation is 2. The quantitative estimate of drug-likeness (QED) is 0.225. The first-order valence-corrected chi connectivity index (χ1v) is 12.1. The molecule has 0 fully saturated rings. The molecule has 0 saturated carbocycles. The van der Waals surface area contributed by atoms with Crippen molar-refractivity contribution in [3.05, 3.63) is 53.3 Å². The lowest BCUT2D eigenvalue weighted by Gasteiger charge is -2.09. The molecule has 1 aromatic carbocycles. The molecule has 0 atom stereocenters. The zero-order valence-electron chi connectivity index (χ0n) is 20.7. The van der Waals surface area contributed by atoms with E-state index in [0.717, 1.165) is 23.1 Å². The Morgan fingerprint density at radius 2 is 1.95 bits per heavy atom. The van der Waals surface area contributed by atoms with E-state index in [9.17, 15) is 14.7 Å². The Bertz CT molecular complexity index is 1520. The first-order valence-electron chi connectivity index (χ1n) is 11.7. The third kappa shape index (κ3) is 5.52. The Kier molecular flexibility index (Phi) is 7.76. The summed E-state index contributed by atoms with van der Waals surface area (Å²) >= 11 is 5.91. The molecule has 0 bridgehead atoms. The minimum Gasteiger partial charge on any atom is -0.871 e. The topological polar surface area (TPSA) is 190 Å². The fourth-order valence-electron chi connectivity index (χ4n) is 4.04. The number of pyridine rings is 1. The summed E-state index contributed by atoms with van der Waals surface area (Å²) in [6.07, 6.45) is 2.54. The van der Waals surface area contributed by atoms with Crippen LogP contribution in [0.2, 0.25) is 5.15 Å². The maximum Gasteiger partial charge on any atom is 0.277 e. The van der Waals surface area contributed by atoms with Crippen LogP contribution in [0.25, 0.3) is 11.0 Å². The molecule has 0 aliphatic rings. The van der Waals surface area contributed by atoms with Gasteiger partial charge in [0.25, 0.3) is 17.6 Å². The van der Waals surface area contributed by atoms with Crippen LogP contribution in [0.1, 0.15) is 30.2 Å². The van der Waals surface area contributed by atoms with Crippen molar-refractivity contribution in [3.8, 4) is 11.5 Å². The Balaban J connectivity index is 1.52. The largest absolute Gasteiger partial charge is 0.871 e. The molecule has 6 N–H and O–H groups in total. The van der Waals surface area contributed by atoms with Crippen molar-refractivity contribution in [2.45, 2.75) is 33.5 Å². The molecule has 3 heterocycles. The van der Waals surface area contributed by atoms with Crippen molar-refractivity contribution in [2.75, 3.05) is 23.4 Å². The molecule has 0 unspecified atom stereocenters. The number of aromatic nitrogens is 5. The first kappa shape index (κ1) is 26.4. The molecule has 4 rings (SSSR count). The van der Waals surface area contributed by atoms with Gasteiger partial charge in [-0.1, -0.05) is 17.4 Å². The van der Waals surface area contributed by atoms with E-state index in [1.54, 1.807) is 6.07 Å². The molecule has 2 amide bonds.